The quantitative estimate of drug-likeness (QED) is 0.487. The highest BCUT2D eigenvalue weighted by Gasteiger charge is 2.54. The maximum Gasteiger partial charge on any atom is 0.324 e. The average molecular weight is 419 g/mol. The molecular formula is C22H22FN7O. The molecule has 31 heavy (non-hydrogen) atoms. The fourth-order valence-corrected chi connectivity index (χ4v) is 4.78. The fraction of sp³-hybridized carbons (Fsp3) is 0.364. The van der Waals surface area contributed by atoms with Crippen molar-refractivity contribution < 1.29 is 9.13 Å². The van der Waals surface area contributed by atoms with Crippen molar-refractivity contribution in [1.29, 1.82) is 0 Å². The zero-order chi connectivity index (χ0) is 21.3. The molecule has 2 aliphatic carbocycles. The highest BCUT2D eigenvalue weighted by molar-refractivity contribution is 5.88. The zero-order valence-electron chi connectivity index (χ0n) is 17.1. The minimum atomic E-state index is -0.371. The maximum absolute atomic E-state index is 14.2. The topological polar surface area (TPSA) is 116 Å². The summed E-state index contributed by atoms with van der Waals surface area (Å²) in [6.45, 7) is 3.32. The van der Waals surface area contributed by atoms with Crippen LogP contribution in [-0.4, -0.2) is 39.1 Å². The first-order chi connectivity index (χ1) is 14.9. The van der Waals surface area contributed by atoms with Gasteiger partial charge < -0.3 is 21.1 Å². The van der Waals surface area contributed by atoms with Crippen molar-refractivity contribution in [1.82, 2.24) is 19.9 Å². The first kappa shape index (κ1) is 18.4. The number of hydrogen-bond acceptors (Lipinski definition) is 8. The summed E-state index contributed by atoms with van der Waals surface area (Å²) in [6, 6.07) is 3.16. The zero-order valence-corrected chi connectivity index (χ0v) is 17.1. The number of nitrogen functional groups attached to an aromatic ring is 1. The molecule has 3 aromatic rings. The van der Waals surface area contributed by atoms with Crippen LogP contribution in [0.25, 0.3) is 11.1 Å². The molecule has 0 unspecified atom stereocenters. The summed E-state index contributed by atoms with van der Waals surface area (Å²) in [6.07, 6.45) is 5.93. The lowest BCUT2D eigenvalue weighted by Crippen LogP contribution is -2.30. The number of ether oxygens (including phenoxy) is 1. The van der Waals surface area contributed by atoms with E-state index in [1.807, 2.05) is 0 Å². The summed E-state index contributed by atoms with van der Waals surface area (Å²) >= 11 is 0. The average Bonchev–Trinajstić information content (AvgIpc) is 3.31. The van der Waals surface area contributed by atoms with E-state index in [0.29, 0.717) is 30.2 Å². The molecular weight excluding hydrogens is 397 g/mol. The summed E-state index contributed by atoms with van der Waals surface area (Å²) in [7, 11) is 0. The number of hydrogen-bond donors (Lipinski definition) is 2. The molecule has 8 nitrogen and oxygen atoms in total. The number of aryl methyl sites for hydroxylation is 1. The molecule has 2 aromatic heterocycles. The molecule has 9 heteroatoms. The summed E-state index contributed by atoms with van der Waals surface area (Å²) in [4.78, 5) is 19.9. The molecule has 158 valence electrons. The monoisotopic (exact) mass is 419 g/mol. The SMILES string of the molecule is Cc1ncc(Oc2nc3c(c(N4C[C@@H](N)C5(CC5)C4)n2)-c2cc(F)cc(N)c2C3)cn1. The molecule has 3 aliphatic rings. The minimum absolute atomic E-state index is 0.0893. The fourth-order valence-electron chi connectivity index (χ4n) is 4.78. The van der Waals surface area contributed by atoms with Crippen LogP contribution >= 0.6 is 0 Å². The number of nitrogens with zero attached hydrogens (tertiary/aromatic N) is 5. The molecule has 1 saturated heterocycles. The third-order valence-corrected chi connectivity index (χ3v) is 6.67. The molecule has 6 rings (SSSR count). The Morgan fingerprint density at radius 2 is 1.97 bits per heavy atom. The van der Waals surface area contributed by atoms with Gasteiger partial charge in [0.15, 0.2) is 5.75 Å². The molecule has 0 radical (unpaired) electrons. The van der Waals surface area contributed by atoms with Crippen LogP contribution in [0, 0.1) is 18.2 Å². The van der Waals surface area contributed by atoms with Gasteiger partial charge in [-0.3, -0.25) is 0 Å². The second kappa shape index (κ2) is 6.34. The molecule has 1 aliphatic heterocycles. The number of rotatable bonds is 3. The van der Waals surface area contributed by atoms with Gasteiger partial charge in [0.25, 0.3) is 0 Å². The Kier molecular flexibility index (Phi) is 3.77. The van der Waals surface area contributed by atoms with E-state index in [1.165, 1.54) is 12.1 Å². The van der Waals surface area contributed by atoms with E-state index >= 15 is 0 Å². The molecule has 1 atom stereocenters. The summed E-state index contributed by atoms with van der Waals surface area (Å²) < 4.78 is 20.1. The predicted octanol–water partition coefficient (Wildman–Crippen LogP) is 2.59. The van der Waals surface area contributed by atoms with E-state index in [2.05, 4.69) is 19.9 Å². The van der Waals surface area contributed by atoms with Gasteiger partial charge in [-0.1, -0.05) is 0 Å². The first-order valence-electron chi connectivity index (χ1n) is 10.4. The van der Waals surface area contributed by atoms with Gasteiger partial charge in [0.2, 0.25) is 0 Å². The van der Waals surface area contributed by atoms with Crippen LogP contribution in [0.5, 0.6) is 11.8 Å². The lowest BCUT2D eigenvalue weighted by atomic mass is 10.0. The van der Waals surface area contributed by atoms with Crippen molar-refractivity contribution in [2.75, 3.05) is 23.7 Å². The number of fused-ring (bicyclic) bond motifs is 3. The van der Waals surface area contributed by atoms with Crippen LogP contribution in [0.3, 0.4) is 0 Å². The summed E-state index contributed by atoms with van der Waals surface area (Å²) in [5.74, 6) is 1.45. The molecule has 2 fully saturated rings. The Morgan fingerprint density at radius 3 is 2.68 bits per heavy atom. The van der Waals surface area contributed by atoms with Gasteiger partial charge >= 0.3 is 6.01 Å². The minimum Gasteiger partial charge on any atom is -0.421 e. The van der Waals surface area contributed by atoms with E-state index < -0.39 is 0 Å². The lowest BCUT2D eigenvalue weighted by molar-refractivity contribution is 0.435. The standard InChI is InChI=1S/C22H22FN7O/c1-11-26-7-13(8-27-11)31-21-28-17-6-14-15(4-12(23)5-16(14)24)19(17)20(29-21)30-9-18(25)22(10-30)2-3-22/h4-5,7-8,18H,2-3,6,9-10,24-25H2,1H3/t18-/m1/s1. The van der Waals surface area contributed by atoms with Crippen LogP contribution < -0.4 is 21.1 Å². The van der Waals surface area contributed by atoms with Crippen LogP contribution in [0.15, 0.2) is 24.5 Å². The van der Waals surface area contributed by atoms with Crippen LogP contribution in [0.2, 0.25) is 0 Å². The Hall–Kier alpha value is -3.33. The van der Waals surface area contributed by atoms with Crippen molar-refractivity contribution in [2.45, 2.75) is 32.2 Å². The van der Waals surface area contributed by atoms with E-state index in [9.17, 15) is 4.39 Å². The smallest absolute Gasteiger partial charge is 0.324 e. The molecule has 1 spiro atoms. The lowest BCUT2D eigenvalue weighted by Gasteiger charge is -2.21. The first-order valence-corrected chi connectivity index (χ1v) is 10.4. The van der Waals surface area contributed by atoms with Gasteiger partial charge in [-0.2, -0.15) is 9.97 Å². The molecule has 3 heterocycles. The Bertz CT molecular complexity index is 1210. The second-order valence-electron chi connectivity index (χ2n) is 8.77. The number of aromatic nitrogens is 4. The number of anilines is 2. The summed E-state index contributed by atoms with van der Waals surface area (Å²) in [5.41, 5.74) is 16.4. The molecule has 1 aromatic carbocycles. The predicted molar refractivity (Wildman–Crippen MR) is 113 cm³/mol. The van der Waals surface area contributed by atoms with Crippen molar-refractivity contribution in [2.24, 2.45) is 11.1 Å². The van der Waals surface area contributed by atoms with E-state index in [-0.39, 0.29) is 23.3 Å². The maximum atomic E-state index is 14.2. The number of nitrogens with two attached hydrogens (primary N) is 2. The molecule has 0 bridgehead atoms. The third-order valence-electron chi connectivity index (χ3n) is 6.67. The second-order valence-corrected chi connectivity index (χ2v) is 8.77. The van der Waals surface area contributed by atoms with Crippen molar-refractivity contribution in [3.8, 4) is 22.9 Å². The van der Waals surface area contributed by atoms with Crippen LogP contribution in [-0.2, 0) is 6.42 Å². The van der Waals surface area contributed by atoms with Crippen molar-refractivity contribution in [3.63, 3.8) is 0 Å². The Labute approximate surface area is 178 Å². The number of benzene rings is 1. The van der Waals surface area contributed by atoms with Gasteiger partial charge in [0.1, 0.15) is 17.5 Å². The van der Waals surface area contributed by atoms with E-state index in [0.717, 1.165) is 47.6 Å². The van der Waals surface area contributed by atoms with Crippen molar-refractivity contribution >= 4 is 11.5 Å². The van der Waals surface area contributed by atoms with Crippen molar-refractivity contribution in [3.05, 3.63) is 47.4 Å². The highest BCUT2D eigenvalue weighted by atomic mass is 19.1. The largest absolute Gasteiger partial charge is 0.421 e. The molecule has 1 saturated carbocycles. The van der Waals surface area contributed by atoms with Gasteiger partial charge in [-0.25, -0.2) is 14.4 Å². The molecule has 0 amide bonds. The third kappa shape index (κ3) is 2.91. The Morgan fingerprint density at radius 1 is 1.19 bits per heavy atom. The number of halogens is 1. The van der Waals surface area contributed by atoms with E-state index in [1.54, 1.807) is 19.3 Å². The highest BCUT2D eigenvalue weighted by Crippen LogP contribution is 2.54. The molecule has 4 N–H and O–H groups in total. The van der Waals surface area contributed by atoms with E-state index in [4.69, 9.17) is 21.2 Å². The van der Waals surface area contributed by atoms with Gasteiger partial charge in [-0.15, -0.1) is 0 Å². The van der Waals surface area contributed by atoms with Crippen LogP contribution in [0.1, 0.15) is 29.9 Å². The van der Waals surface area contributed by atoms with Crippen LogP contribution in [0.4, 0.5) is 15.9 Å². The normalized spacial score (nSPS) is 20.1. The van der Waals surface area contributed by atoms with Gasteiger partial charge in [-0.05, 0) is 43.0 Å². The van der Waals surface area contributed by atoms with Gasteiger partial charge in [0.05, 0.1) is 18.1 Å². The Balaban J connectivity index is 1.47. The van der Waals surface area contributed by atoms with Gasteiger partial charge in [0, 0.05) is 42.2 Å². The summed E-state index contributed by atoms with van der Waals surface area (Å²) in [5, 5.41) is 0.